The van der Waals surface area contributed by atoms with Crippen molar-refractivity contribution < 1.29 is 13.5 Å². The van der Waals surface area contributed by atoms with Crippen molar-refractivity contribution in [1.82, 2.24) is 0 Å². The molecule has 0 atom stereocenters. The van der Waals surface area contributed by atoms with E-state index < -0.39 is 0 Å². The zero-order chi connectivity index (χ0) is 17.8. The van der Waals surface area contributed by atoms with Gasteiger partial charge in [0.25, 0.3) is 0 Å². The first kappa shape index (κ1) is 17.2. The molecule has 0 amide bonds. The summed E-state index contributed by atoms with van der Waals surface area (Å²) in [6.07, 6.45) is 2.95. The number of ether oxygens (including phenoxy) is 1. The molecular weight excluding hydrogens is 319 g/mol. The highest BCUT2D eigenvalue weighted by molar-refractivity contribution is 5.84. The molecule has 0 aliphatic heterocycles. The number of aryl methyl sites for hydroxylation is 2. The van der Waals surface area contributed by atoms with Crippen molar-refractivity contribution in [3.05, 3.63) is 75.4 Å². The van der Waals surface area contributed by atoms with Crippen LogP contribution in [0.5, 0.6) is 5.75 Å². The maximum absolute atomic E-state index is 13.0. The first-order valence-corrected chi connectivity index (χ1v) is 8.52. The average molecular weight is 340 g/mol. The van der Waals surface area contributed by atoms with E-state index in [1.54, 1.807) is 18.2 Å². The second-order valence-corrected chi connectivity index (χ2v) is 6.17. The Kier molecular flexibility index (Phi) is 5.17. The van der Waals surface area contributed by atoms with Gasteiger partial charge in [-0.2, -0.15) is 0 Å². The summed E-state index contributed by atoms with van der Waals surface area (Å²) in [4.78, 5) is 11.9. The molecule has 0 unspecified atom stereocenters. The van der Waals surface area contributed by atoms with E-state index in [4.69, 9.17) is 9.15 Å². The summed E-state index contributed by atoms with van der Waals surface area (Å²) in [5, 5.41) is 0.958. The minimum absolute atomic E-state index is 0.271. The van der Waals surface area contributed by atoms with Crippen molar-refractivity contribution in [3.8, 4) is 5.75 Å². The van der Waals surface area contributed by atoms with Crippen LogP contribution in [0.2, 0.25) is 0 Å². The second kappa shape index (κ2) is 7.51. The fraction of sp³-hybridized carbons (Fsp3) is 0.286. The molecule has 0 N–H and O–H groups in total. The number of fused-ring (bicyclic) bond motifs is 1. The Bertz CT molecular complexity index is 926. The second-order valence-electron chi connectivity index (χ2n) is 6.17. The SMILES string of the molecule is CCCCc1cc(=O)oc2c(C)c(OCc3ccc(F)cc3)ccc12. The molecule has 3 rings (SSSR count). The van der Waals surface area contributed by atoms with Crippen LogP contribution in [0.3, 0.4) is 0 Å². The maximum atomic E-state index is 13.0. The van der Waals surface area contributed by atoms with Crippen LogP contribution < -0.4 is 10.4 Å². The first-order valence-electron chi connectivity index (χ1n) is 8.52. The van der Waals surface area contributed by atoms with Crippen molar-refractivity contribution in [2.45, 2.75) is 39.7 Å². The van der Waals surface area contributed by atoms with Crippen LogP contribution in [0.15, 0.2) is 51.7 Å². The Morgan fingerprint density at radius 3 is 2.60 bits per heavy atom. The molecule has 2 aromatic carbocycles. The number of rotatable bonds is 6. The summed E-state index contributed by atoms with van der Waals surface area (Å²) in [5.74, 6) is 0.389. The Morgan fingerprint density at radius 2 is 1.88 bits per heavy atom. The third kappa shape index (κ3) is 3.90. The standard InChI is InChI=1S/C21H21FO3/c1-3-4-5-16-12-20(23)25-21-14(2)19(11-10-18(16)21)24-13-15-6-8-17(22)9-7-15/h6-12H,3-5,13H2,1-2H3. The van der Waals surface area contributed by atoms with Gasteiger partial charge in [0.05, 0.1) is 0 Å². The lowest BCUT2D eigenvalue weighted by atomic mass is 10.0. The Morgan fingerprint density at radius 1 is 1.12 bits per heavy atom. The van der Waals surface area contributed by atoms with Crippen molar-refractivity contribution >= 4 is 11.0 Å². The summed E-state index contributed by atoms with van der Waals surface area (Å²) in [6.45, 7) is 4.33. The minimum Gasteiger partial charge on any atom is -0.488 e. The molecule has 3 nitrogen and oxygen atoms in total. The minimum atomic E-state index is -0.336. The van der Waals surface area contributed by atoms with E-state index in [9.17, 15) is 9.18 Å². The highest BCUT2D eigenvalue weighted by Crippen LogP contribution is 2.29. The van der Waals surface area contributed by atoms with Crippen LogP contribution in [0.4, 0.5) is 4.39 Å². The van der Waals surface area contributed by atoms with E-state index >= 15 is 0 Å². The van der Waals surface area contributed by atoms with Crippen molar-refractivity contribution in [1.29, 1.82) is 0 Å². The molecule has 130 valence electrons. The summed E-state index contributed by atoms with van der Waals surface area (Å²) >= 11 is 0. The van der Waals surface area contributed by atoms with E-state index in [-0.39, 0.29) is 11.4 Å². The topological polar surface area (TPSA) is 39.4 Å². The molecule has 0 spiro atoms. The highest BCUT2D eigenvalue weighted by atomic mass is 19.1. The van der Waals surface area contributed by atoms with Gasteiger partial charge in [-0.05, 0) is 55.2 Å². The smallest absolute Gasteiger partial charge is 0.336 e. The van der Waals surface area contributed by atoms with Crippen LogP contribution in [-0.4, -0.2) is 0 Å². The third-order valence-electron chi connectivity index (χ3n) is 4.30. The van der Waals surface area contributed by atoms with Gasteiger partial charge in [0.15, 0.2) is 0 Å². The molecule has 3 aromatic rings. The van der Waals surface area contributed by atoms with Crippen LogP contribution in [-0.2, 0) is 13.0 Å². The predicted octanol–water partition coefficient (Wildman–Crippen LogP) is 5.16. The van der Waals surface area contributed by atoms with Gasteiger partial charge < -0.3 is 9.15 Å². The van der Waals surface area contributed by atoms with E-state index in [1.807, 2.05) is 19.1 Å². The van der Waals surface area contributed by atoms with E-state index in [0.29, 0.717) is 17.9 Å². The van der Waals surface area contributed by atoms with Gasteiger partial charge in [0.2, 0.25) is 0 Å². The van der Waals surface area contributed by atoms with E-state index in [0.717, 1.165) is 41.3 Å². The normalized spacial score (nSPS) is 11.0. The van der Waals surface area contributed by atoms with Crippen molar-refractivity contribution in [2.75, 3.05) is 0 Å². The predicted molar refractivity (Wildman–Crippen MR) is 96.6 cm³/mol. The van der Waals surface area contributed by atoms with Crippen molar-refractivity contribution in [3.63, 3.8) is 0 Å². The highest BCUT2D eigenvalue weighted by Gasteiger charge is 2.12. The zero-order valence-corrected chi connectivity index (χ0v) is 14.5. The van der Waals surface area contributed by atoms with Crippen LogP contribution in [0, 0.1) is 12.7 Å². The van der Waals surface area contributed by atoms with Crippen LogP contribution in [0.25, 0.3) is 11.0 Å². The molecule has 1 aromatic heterocycles. The largest absolute Gasteiger partial charge is 0.488 e. The molecule has 0 fully saturated rings. The number of unbranched alkanes of at least 4 members (excludes halogenated alkanes) is 1. The number of benzene rings is 2. The first-order chi connectivity index (χ1) is 12.1. The lowest BCUT2D eigenvalue weighted by Gasteiger charge is -2.12. The van der Waals surface area contributed by atoms with Gasteiger partial charge in [0.1, 0.15) is 23.8 Å². The molecule has 25 heavy (non-hydrogen) atoms. The Labute approximate surface area is 146 Å². The van der Waals surface area contributed by atoms with Crippen molar-refractivity contribution in [2.24, 2.45) is 0 Å². The summed E-state index contributed by atoms with van der Waals surface area (Å²) in [6, 6.07) is 11.6. The molecule has 0 radical (unpaired) electrons. The molecule has 1 heterocycles. The monoisotopic (exact) mass is 340 g/mol. The fourth-order valence-corrected chi connectivity index (χ4v) is 2.88. The van der Waals surface area contributed by atoms with Gasteiger partial charge in [-0.1, -0.05) is 25.5 Å². The quantitative estimate of drug-likeness (QED) is 0.582. The molecule has 0 saturated heterocycles. The van der Waals surface area contributed by atoms with Gasteiger partial charge in [0, 0.05) is 17.0 Å². The number of halogens is 1. The zero-order valence-electron chi connectivity index (χ0n) is 14.5. The lowest BCUT2D eigenvalue weighted by molar-refractivity contribution is 0.304. The molecule has 0 aliphatic carbocycles. The van der Waals surface area contributed by atoms with Gasteiger partial charge in [-0.25, -0.2) is 9.18 Å². The van der Waals surface area contributed by atoms with E-state index in [2.05, 4.69) is 6.92 Å². The lowest BCUT2D eigenvalue weighted by Crippen LogP contribution is -2.03. The Balaban J connectivity index is 1.91. The van der Waals surface area contributed by atoms with E-state index in [1.165, 1.54) is 12.1 Å². The summed E-state index contributed by atoms with van der Waals surface area (Å²) < 4.78 is 24.3. The number of hydrogen-bond donors (Lipinski definition) is 0. The van der Waals surface area contributed by atoms with Gasteiger partial charge in [-0.3, -0.25) is 0 Å². The molecule has 0 aliphatic rings. The molecular formula is C21H21FO3. The van der Waals surface area contributed by atoms with Crippen LogP contribution in [0.1, 0.15) is 36.5 Å². The summed E-state index contributed by atoms with van der Waals surface area (Å²) in [5.41, 5.74) is 2.93. The molecule has 0 saturated carbocycles. The average Bonchev–Trinajstić information content (AvgIpc) is 2.61. The Hall–Kier alpha value is -2.62. The summed E-state index contributed by atoms with van der Waals surface area (Å²) in [7, 11) is 0. The van der Waals surface area contributed by atoms with Crippen LogP contribution >= 0.6 is 0 Å². The number of hydrogen-bond acceptors (Lipinski definition) is 3. The fourth-order valence-electron chi connectivity index (χ4n) is 2.88. The molecule has 0 bridgehead atoms. The maximum Gasteiger partial charge on any atom is 0.336 e. The third-order valence-corrected chi connectivity index (χ3v) is 4.30. The van der Waals surface area contributed by atoms with Gasteiger partial charge in [-0.15, -0.1) is 0 Å². The molecule has 4 heteroatoms. The van der Waals surface area contributed by atoms with Gasteiger partial charge >= 0.3 is 5.63 Å².